The fraction of sp³-hybridized carbons (Fsp3) is 0.552. The first kappa shape index (κ1) is 24.1. The van der Waals surface area contributed by atoms with Crippen molar-refractivity contribution in [3.8, 4) is 11.5 Å². The van der Waals surface area contributed by atoms with Gasteiger partial charge in [-0.2, -0.15) is 0 Å². The van der Waals surface area contributed by atoms with Crippen LogP contribution in [0.2, 0.25) is 0 Å². The molecule has 0 unspecified atom stereocenters. The highest BCUT2D eigenvalue weighted by atomic mass is 16.5. The Labute approximate surface area is 207 Å². The lowest BCUT2D eigenvalue weighted by Crippen LogP contribution is -2.31. The third-order valence-electron chi connectivity index (χ3n) is 7.28. The van der Waals surface area contributed by atoms with Crippen LogP contribution in [-0.4, -0.2) is 62.3 Å². The molecule has 0 N–H and O–H groups in total. The molecule has 6 heteroatoms. The molecule has 6 nitrogen and oxygen atoms in total. The normalized spacial score (nSPS) is 17.7. The van der Waals surface area contributed by atoms with Crippen molar-refractivity contribution in [3.63, 3.8) is 0 Å². The summed E-state index contributed by atoms with van der Waals surface area (Å²) < 4.78 is 18.0. The summed E-state index contributed by atoms with van der Waals surface area (Å²) in [5.74, 6) is 1.43. The topological polar surface area (TPSA) is 55.1 Å². The van der Waals surface area contributed by atoms with E-state index in [2.05, 4.69) is 9.80 Å². The van der Waals surface area contributed by atoms with E-state index in [-0.39, 0.29) is 5.43 Å². The standard InChI is InChI=1S/C29H38N2O4/c32-29-25-21-23(33-19-7-17-30-13-3-1-4-14-30)9-11-27(25)35-28-12-10-24(22-26(28)29)34-20-8-18-31-15-5-2-6-16-31/h9-12,21-22H,1-8,13-20H2. The minimum Gasteiger partial charge on any atom is -0.494 e. The molecule has 0 saturated carbocycles. The summed E-state index contributed by atoms with van der Waals surface area (Å²) in [5, 5.41) is 1.10. The molecule has 0 radical (unpaired) electrons. The lowest BCUT2D eigenvalue weighted by molar-refractivity contribution is 0.205. The Morgan fingerprint density at radius 3 is 1.57 bits per heavy atom. The lowest BCUT2D eigenvalue weighted by Gasteiger charge is -2.26. The minimum atomic E-state index is -0.0428. The fourth-order valence-corrected chi connectivity index (χ4v) is 5.32. The monoisotopic (exact) mass is 478 g/mol. The molecule has 1 aromatic heterocycles. The molecule has 0 aliphatic carbocycles. The Morgan fingerprint density at radius 1 is 0.657 bits per heavy atom. The summed E-state index contributed by atoms with van der Waals surface area (Å²) in [5.41, 5.74) is 1.12. The number of benzene rings is 2. The van der Waals surface area contributed by atoms with E-state index in [1.807, 2.05) is 36.4 Å². The second kappa shape index (κ2) is 11.9. The van der Waals surface area contributed by atoms with Gasteiger partial charge in [0.2, 0.25) is 5.43 Å². The van der Waals surface area contributed by atoms with E-state index in [0.717, 1.165) is 25.9 Å². The van der Waals surface area contributed by atoms with E-state index in [9.17, 15) is 4.79 Å². The van der Waals surface area contributed by atoms with E-state index >= 15 is 0 Å². The van der Waals surface area contributed by atoms with Crippen molar-refractivity contribution >= 4 is 21.9 Å². The van der Waals surface area contributed by atoms with E-state index in [4.69, 9.17) is 13.9 Å². The molecule has 3 aromatic rings. The van der Waals surface area contributed by atoms with Gasteiger partial charge in [-0.05, 0) is 101 Å². The second-order valence-corrected chi connectivity index (χ2v) is 9.96. The van der Waals surface area contributed by atoms with Crippen LogP contribution in [0.5, 0.6) is 11.5 Å². The Kier molecular flexibility index (Phi) is 8.22. The first-order valence-corrected chi connectivity index (χ1v) is 13.5. The molecule has 188 valence electrons. The minimum absolute atomic E-state index is 0.0428. The number of nitrogens with zero attached hydrogens (tertiary/aromatic N) is 2. The maximum Gasteiger partial charge on any atom is 0.200 e. The predicted molar refractivity (Wildman–Crippen MR) is 141 cm³/mol. The van der Waals surface area contributed by atoms with E-state index in [0.29, 0.717) is 46.7 Å². The van der Waals surface area contributed by atoms with Crippen LogP contribution < -0.4 is 14.9 Å². The van der Waals surface area contributed by atoms with Gasteiger partial charge < -0.3 is 23.7 Å². The van der Waals surface area contributed by atoms with Crippen molar-refractivity contribution in [3.05, 3.63) is 46.6 Å². The molecule has 2 aromatic carbocycles. The molecule has 5 rings (SSSR count). The average molecular weight is 479 g/mol. The molecule has 0 spiro atoms. The van der Waals surface area contributed by atoms with Gasteiger partial charge in [0.1, 0.15) is 22.7 Å². The quantitative estimate of drug-likeness (QED) is 0.285. The largest absolute Gasteiger partial charge is 0.494 e. The molecule has 3 heterocycles. The van der Waals surface area contributed by atoms with Crippen molar-refractivity contribution in [2.75, 3.05) is 52.5 Å². The summed E-state index contributed by atoms with van der Waals surface area (Å²) in [4.78, 5) is 18.3. The van der Waals surface area contributed by atoms with Crippen molar-refractivity contribution in [2.24, 2.45) is 0 Å². The van der Waals surface area contributed by atoms with Crippen LogP contribution in [0, 0.1) is 0 Å². The van der Waals surface area contributed by atoms with Crippen LogP contribution in [0.4, 0.5) is 0 Å². The van der Waals surface area contributed by atoms with E-state index in [1.165, 1.54) is 64.7 Å². The Balaban J connectivity index is 1.20. The Hall–Kier alpha value is -2.57. The summed E-state index contributed by atoms with van der Waals surface area (Å²) in [6.45, 7) is 8.25. The predicted octanol–water partition coefficient (Wildman–Crippen LogP) is 5.46. The number of fused-ring (bicyclic) bond motifs is 2. The summed E-state index contributed by atoms with van der Waals surface area (Å²) in [7, 11) is 0. The number of rotatable bonds is 10. The van der Waals surface area contributed by atoms with Crippen LogP contribution in [0.3, 0.4) is 0 Å². The number of ether oxygens (including phenoxy) is 2. The van der Waals surface area contributed by atoms with Gasteiger partial charge in [-0.1, -0.05) is 12.8 Å². The smallest absolute Gasteiger partial charge is 0.200 e. The first-order chi connectivity index (χ1) is 17.3. The second-order valence-electron chi connectivity index (χ2n) is 9.96. The zero-order valence-corrected chi connectivity index (χ0v) is 20.8. The highest BCUT2D eigenvalue weighted by Gasteiger charge is 2.13. The number of piperidine rings is 2. The molecular weight excluding hydrogens is 440 g/mol. The molecule has 0 atom stereocenters. The van der Waals surface area contributed by atoms with Crippen molar-refractivity contribution in [1.29, 1.82) is 0 Å². The number of hydrogen-bond acceptors (Lipinski definition) is 6. The van der Waals surface area contributed by atoms with Gasteiger partial charge in [-0.15, -0.1) is 0 Å². The molecular formula is C29H38N2O4. The molecule has 35 heavy (non-hydrogen) atoms. The van der Waals surface area contributed by atoms with Gasteiger partial charge in [0.25, 0.3) is 0 Å². The average Bonchev–Trinajstić information content (AvgIpc) is 2.91. The molecule has 2 saturated heterocycles. The molecule has 0 bridgehead atoms. The highest BCUT2D eigenvalue weighted by molar-refractivity contribution is 5.90. The van der Waals surface area contributed by atoms with Crippen molar-refractivity contribution < 1.29 is 13.9 Å². The Morgan fingerprint density at radius 2 is 1.11 bits per heavy atom. The van der Waals surface area contributed by atoms with Gasteiger partial charge in [0.15, 0.2) is 0 Å². The van der Waals surface area contributed by atoms with Crippen molar-refractivity contribution in [2.45, 2.75) is 51.4 Å². The summed E-state index contributed by atoms with van der Waals surface area (Å²) in [6, 6.07) is 11.1. The highest BCUT2D eigenvalue weighted by Crippen LogP contribution is 2.25. The van der Waals surface area contributed by atoms with Gasteiger partial charge in [0, 0.05) is 13.1 Å². The van der Waals surface area contributed by atoms with E-state index < -0.39 is 0 Å². The third kappa shape index (κ3) is 6.36. The zero-order valence-electron chi connectivity index (χ0n) is 20.8. The fourth-order valence-electron chi connectivity index (χ4n) is 5.32. The maximum absolute atomic E-state index is 13.3. The summed E-state index contributed by atoms with van der Waals surface area (Å²) in [6.07, 6.45) is 9.91. The van der Waals surface area contributed by atoms with Gasteiger partial charge in [-0.25, -0.2) is 0 Å². The van der Waals surface area contributed by atoms with Crippen LogP contribution in [-0.2, 0) is 0 Å². The zero-order chi connectivity index (χ0) is 23.9. The van der Waals surface area contributed by atoms with E-state index in [1.54, 1.807) is 0 Å². The van der Waals surface area contributed by atoms with Crippen molar-refractivity contribution in [1.82, 2.24) is 9.80 Å². The Bertz CT molecular complexity index is 1080. The van der Waals surface area contributed by atoms with Crippen LogP contribution in [0.25, 0.3) is 21.9 Å². The lowest BCUT2D eigenvalue weighted by atomic mass is 10.1. The SMILES string of the molecule is O=c1c2cc(OCCCN3CCCCC3)ccc2oc2ccc(OCCCN3CCCCC3)cc12. The third-order valence-corrected chi connectivity index (χ3v) is 7.28. The van der Waals surface area contributed by atoms with Crippen LogP contribution in [0.15, 0.2) is 45.6 Å². The molecule has 2 fully saturated rings. The van der Waals surface area contributed by atoms with Crippen LogP contribution in [0.1, 0.15) is 51.4 Å². The van der Waals surface area contributed by atoms with Gasteiger partial charge in [0.05, 0.1) is 24.0 Å². The number of likely N-dealkylation sites (tertiary alicyclic amines) is 2. The molecule has 2 aliphatic rings. The maximum atomic E-state index is 13.3. The first-order valence-electron chi connectivity index (χ1n) is 13.5. The molecule has 0 amide bonds. The van der Waals surface area contributed by atoms with Gasteiger partial charge in [-0.3, -0.25) is 4.79 Å². The summed E-state index contributed by atoms with van der Waals surface area (Å²) >= 11 is 0. The molecule has 2 aliphatic heterocycles. The van der Waals surface area contributed by atoms with Crippen LogP contribution >= 0.6 is 0 Å². The van der Waals surface area contributed by atoms with Gasteiger partial charge >= 0.3 is 0 Å². The number of hydrogen-bond donors (Lipinski definition) is 0.